The Bertz CT molecular complexity index is 478. The second-order valence-electron chi connectivity index (χ2n) is 2.78. The minimum atomic E-state index is 0.407. The van der Waals surface area contributed by atoms with E-state index in [0.717, 1.165) is 0 Å². The Labute approximate surface area is 93.4 Å². The van der Waals surface area contributed by atoms with Crippen molar-refractivity contribution in [3.8, 4) is 29.4 Å². The van der Waals surface area contributed by atoms with Crippen LogP contribution in [0.15, 0.2) is 12.1 Å². The highest BCUT2D eigenvalue weighted by molar-refractivity contribution is 5.78. The third-order valence-electron chi connectivity index (χ3n) is 1.91. The van der Waals surface area contributed by atoms with E-state index in [1.165, 1.54) is 26.4 Å². The number of aldehydes is 1. The first-order valence-electron chi connectivity index (χ1n) is 4.38. The average molecular weight is 215 g/mol. The van der Waals surface area contributed by atoms with Gasteiger partial charge in [0, 0.05) is 11.5 Å². The van der Waals surface area contributed by atoms with E-state index < -0.39 is 0 Å². The molecular weight excluding hydrogens is 206 g/mol. The maximum Gasteiger partial charge on any atom is 0.152 e. The summed E-state index contributed by atoms with van der Waals surface area (Å²) in [6.45, 7) is 0. The number of rotatable bonds is 3. The fraction of sp³-hybridized carbons (Fsp3) is 0.167. The monoisotopic (exact) mass is 215 g/mol. The molecule has 0 aliphatic carbocycles. The number of carbonyl (C=O) groups is 1. The van der Waals surface area contributed by atoms with Crippen LogP contribution in [0.4, 0.5) is 0 Å². The SMILES string of the molecule is COc1cc(C=O)cc(OC)c1C#CC#N. The van der Waals surface area contributed by atoms with Crippen LogP contribution in [0.25, 0.3) is 0 Å². The Morgan fingerprint density at radius 3 is 2.19 bits per heavy atom. The summed E-state index contributed by atoms with van der Waals surface area (Å²) in [5.74, 6) is 5.68. The van der Waals surface area contributed by atoms with Crippen molar-refractivity contribution in [1.82, 2.24) is 0 Å². The van der Waals surface area contributed by atoms with Gasteiger partial charge in [0.05, 0.1) is 14.2 Å². The van der Waals surface area contributed by atoms with E-state index >= 15 is 0 Å². The van der Waals surface area contributed by atoms with Crippen LogP contribution in [0.1, 0.15) is 15.9 Å². The molecule has 4 nitrogen and oxygen atoms in total. The van der Waals surface area contributed by atoms with Gasteiger partial charge in [-0.1, -0.05) is 0 Å². The molecule has 16 heavy (non-hydrogen) atoms. The summed E-state index contributed by atoms with van der Waals surface area (Å²) in [7, 11) is 2.92. The summed E-state index contributed by atoms with van der Waals surface area (Å²) in [6.07, 6.45) is 0.687. The van der Waals surface area contributed by atoms with Crippen LogP contribution in [-0.4, -0.2) is 20.5 Å². The van der Waals surface area contributed by atoms with E-state index in [1.54, 1.807) is 6.07 Å². The lowest BCUT2D eigenvalue weighted by molar-refractivity contribution is 0.112. The average Bonchev–Trinajstić information content (AvgIpc) is 2.35. The lowest BCUT2D eigenvalue weighted by Crippen LogP contribution is -1.95. The first kappa shape index (κ1) is 11.6. The fourth-order valence-electron chi connectivity index (χ4n) is 1.21. The summed E-state index contributed by atoms with van der Waals surface area (Å²) >= 11 is 0. The predicted octanol–water partition coefficient (Wildman–Crippen LogP) is 1.39. The van der Waals surface area contributed by atoms with E-state index in [2.05, 4.69) is 11.8 Å². The molecule has 0 amide bonds. The normalized spacial score (nSPS) is 8.31. The third kappa shape index (κ3) is 2.31. The summed E-state index contributed by atoms with van der Waals surface area (Å²) in [5, 5.41) is 8.39. The molecular formula is C12H9NO3. The molecule has 1 aromatic carbocycles. The number of nitriles is 1. The number of hydrogen-bond donors (Lipinski definition) is 0. The van der Waals surface area contributed by atoms with Crippen molar-refractivity contribution in [3.05, 3.63) is 23.3 Å². The largest absolute Gasteiger partial charge is 0.495 e. The van der Waals surface area contributed by atoms with Gasteiger partial charge in [-0.05, 0) is 18.1 Å². The topological polar surface area (TPSA) is 59.3 Å². The molecule has 0 atom stereocenters. The van der Waals surface area contributed by atoms with Gasteiger partial charge in [0.15, 0.2) is 6.07 Å². The van der Waals surface area contributed by atoms with Crippen LogP contribution in [0.2, 0.25) is 0 Å². The van der Waals surface area contributed by atoms with Crippen LogP contribution < -0.4 is 9.47 Å². The molecule has 80 valence electrons. The zero-order valence-corrected chi connectivity index (χ0v) is 8.90. The molecule has 0 unspecified atom stereocenters. The first-order chi connectivity index (χ1) is 7.76. The van der Waals surface area contributed by atoms with Gasteiger partial charge in [0.2, 0.25) is 0 Å². The smallest absolute Gasteiger partial charge is 0.152 e. The Kier molecular flexibility index (Phi) is 3.94. The van der Waals surface area contributed by atoms with Crippen molar-refractivity contribution >= 4 is 6.29 Å². The van der Waals surface area contributed by atoms with Crippen molar-refractivity contribution in [1.29, 1.82) is 5.26 Å². The van der Waals surface area contributed by atoms with Gasteiger partial charge in [-0.2, -0.15) is 5.26 Å². The number of ether oxygens (including phenoxy) is 2. The zero-order valence-electron chi connectivity index (χ0n) is 8.90. The fourth-order valence-corrected chi connectivity index (χ4v) is 1.21. The van der Waals surface area contributed by atoms with E-state index in [9.17, 15) is 4.79 Å². The molecule has 4 heteroatoms. The van der Waals surface area contributed by atoms with Crippen molar-refractivity contribution in [2.24, 2.45) is 0 Å². The van der Waals surface area contributed by atoms with Crippen molar-refractivity contribution in [2.75, 3.05) is 14.2 Å². The molecule has 0 spiro atoms. The Balaban J connectivity index is 3.44. The second kappa shape index (κ2) is 5.43. The van der Waals surface area contributed by atoms with E-state index in [0.29, 0.717) is 28.9 Å². The molecule has 0 radical (unpaired) electrons. The molecule has 0 saturated carbocycles. The molecule has 0 fully saturated rings. The van der Waals surface area contributed by atoms with E-state index in [-0.39, 0.29) is 0 Å². The summed E-state index contributed by atoms with van der Waals surface area (Å²) < 4.78 is 10.2. The number of hydrogen-bond acceptors (Lipinski definition) is 4. The van der Waals surface area contributed by atoms with E-state index in [4.69, 9.17) is 14.7 Å². The lowest BCUT2D eigenvalue weighted by atomic mass is 10.1. The van der Waals surface area contributed by atoms with Crippen molar-refractivity contribution in [2.45, 2.75) is 0 Å². The Hall–Kier alpha value is -2.46. The van der Waals surface area contributed by atoms with Crippen LogP contribution in [0.3, 0.4) is 0 Å². The van der Waals surface area contributed by atoms with Gasteiger partial charge < -0.3 is 9.47 Å². The highest BCUT2D eigenvalue weighted by Gasteiger charge is 2.10. The molecule has 0 saturated heterocycles. The predicted molar refractivity (Wildman–Crippen MR) is 57.4 cm³/mol. The zero-order chi connectivity index (χ0) is 12.0. The van der Waals surface area contributed by atoms with Crippen LogP contribution in [-0.2, 0) is 0 Å². The third-order valence-corrected chi connectivity index (χ3v) is 1.91. The van der Waals surface area contributed by atoms with Gasteiger partial charge in [0.25, 0.3) is 0 Å². The Morgan fingerprint density at radius 1 is 1.25 bits per heavy atom. The number of carbonyl (C=O) groups excluding carboxylic acids is 1. The molecule has 1 rings (SSSR count). The number of nitrogens with zero attached hydrogens (tertiary/aromatic N) is 1. The minimum Gasteiger partial charge on any atom is -0.495 e. The number of benzene rings is 1. The van der Waals surface area contributed by atoms with Crippen LogP contribution >= 0.6 is 0 Å². The van der Waals surface area contributed by atoms with Gasteiger partial charge in [-0.25, -0.2) is 0 Å². The molecule has 0 aliphatic heterocycles. The summed E-state index contributed by atoms with van der Waals surface area (Å²) in [6, 6.07) is 4.78. The summed E-state index contributed by atoms with van der Waals surface area (Å²) in [4.78, 5) is 10.7. The van der Waals surface area contributed by atoms with E-state index in [1.807, 2.05) is 0 Å². The van der Waals surface area contributed by atoms with Gasteiger partial charge in [0.1, 0.15) is 23.3 Å². The lowest BCUT2D eigenvalue weighted by Gasteiger charge is -2.09. The first-order valence-corrected chi connectivity index (χ1v) is 4.38. The van der Waals surface area contributed by atoms with Gasteiger partial charge in [-0.15, -0.1) is 0 Å². The minimum absolute atomic E-state index is 0.407. The molecule has 0 aliphatic rings. The summed E-state index contributed by atoms with van der Waals surface area (Å²) in [5.41, 5.74) is 0.883. The molecule has 0 N–H and O–H groups in total. The number of methoxy groups -OCH3 is 2. The molecule has 0 bridgehead atoms. The van der Waals surface area contributed by atoms with Crippen molar-refractivity contribution in [3.63, 3.8) is 0 Å². The maximum absolute atomic E-state index is 10.7. The molecule has 0 aromatic heterocycles. The standard InChI is InChI=1S/C12H9NO3/c1-15-11-6-9(8-14)7-12(16-2)10(11)4-3-5-13/h6-8H,1-2H3. The Morgan fingerprint density at radius 2 is 1.81 bits per heavy atom. The maximum atomic E-state index is 10.7. The quantitative estimate of drug-likeness (QED) is 0.564. The van der Waals surface area contributed by atoms with Crippen molar-refractivity contribution < 1.29 is 14.3 Å². The molecule has 0 heterocycles. The highest BCUT2D eigenvalue weighted by atomic mass is 16.5. The van der Waals surface area contributed by atoms with Crippen LogP contribution in [0, 0.1) is 23.2 Å². The van der Waals surface area contributed by atoms with Crippen LogP contribution in [0.5, 0.6) is 11.5 Å². The van der Waals surface area contributed by atoms with Gasteiger partial charge in [-0.3, -0.25) is 4.79 Å². The highest BCUT2D eigenvalue weighted by Crippen LogP contribution is 2.29. The second-order valence-corrected chi connectivity index (χ2v) is 2.78. The molecule has 1 aromatic rings. The van der Waals surface area contributed by atoms with Gasteiger partial charge >= 0.3 is 0 Å².